The van der Waals surface area contributed by atoms with Gasteiger partial charge in [0.25, 0.3) is 0 Å². The Hall–Kier alpha value is -0.290. The molecular weight excluding hydrogens is 195 g/mol. The van der Waals surface area contributed by atoms with Gasteiger partial charge in [0.2, 0.25) is 0 Å². The zero-order chi connectivity index (χ0) is 10.8. The number of hydrogen-bond acceptors (Lipinski definition) is 2. The number of halogens is 3. The van der Waals surface area contributed by atoms with E-state index in [0.717, 1.165) is 26.2 Å². The Kier molecular flexibility index (Phi) is 3.42. The Morgan fingerprint density at radius 2 is 2.00 bits per heavy atom. The van der Waals surface area contributed by atoms with Crippen molar-refractivity contribution in [2.45, 2.75) is 38.5 Å². The van der Waals surface area contributed by atoms with E-state index < -0.39 is 12.3 Å². The lowest BCUT2D eigenvalue weighted by molar-refractivity contribution is -0.218. The third-order valence-electron chi connectivity index (χ3n) is 2.73. The molecule has 5 heteroatoms. The second kappa shape index (κ2) is 4.06. The quantitative estimate of drug-likeness (QED) is 0.755. The van der Waals surface area contributed by atoms with Gasteiger partial charge in [0.1, 0.15) is 0 Å². The lowest BCUT2D eigenvalue weighted by atomic mass is 10.0. The van der Waals surface area contributed by atoms with E-state index in [2.05, 4.69) is 0 Å². The number of alkyl halides is 3. The fourth-order valence-corrected chi connectivity index (χ4v) is 1.35. The summed E-state index contributed by atoms with van der Waals surface area (Å²) in [6, 6.07) is 0. The molecule has 0 saturated heterocycles. The normalized spacial score (nSPS) is 22.1. The average molecular weight is 211 g/mol. The fourth-order valence-electron chi connectivity index (χ4n) is 1.35. The first kappa shape index (κ1) is 11.8. The first-order valence-corrected chi connectivity index (χ1v) is 4.78. The standard InChI is InChI=1S/C9H16F3NO/c1-7(9(10,11)12)14-6-8(2-3-8)4-5-13/h7H,2-6,13H2,1H3. The molecule has 0 aromatic carbocycles. The molecule has 0 aromatic rings. The van der Waals surface area contributed by atoms with Crippen molar-refractivity contribution in [3.8, 4) is 0 Å². The van der Waals surface area contributed by atoms with Gasteiger partial charge in [-0.2, -0.15) is 13.2 Å². The lowest BCUT2D eigenvalue weighted by Gasteiger charge is -2.20. The minimum atomic E-state index is -4.25. The number of rotatable bonds is 5. The van der Waals surface area contributed by atoms with Gasteiger partial charge < -0.3 is 10.5 Å². The van der Waals surface area contributed by atoms with E-state index in [-0.39, 0.29) is 12.0 Å². The molecule has 1 saturated carbocycles. The van der Waals surface area contributed by atoms with Gasteiger partial charge in [-0.25, -0.2) is 0 Å². The summed E-state index contributed by atoms with van der Waals surface area (Å²) in [5.41, 5.74) is 5.32. The van der Waals surface area contributed by atoms with Crippen LogP contribution in [0.15, 0.2) is 0 Å². The third-order valence-corrected chi connectivity index (χ3v) is 2.73. The maximum atomic E-state index is 12.1. The van der Waals surface area contributed by atoms with E-state index in [0.29, 0.717) is 6.54 Å². The fraction of sp³-hybridized carbons (Fsp3) is 1.00. The number of nitrogens with two attached hydrogens (primary N) is 1. The van der Waals surface area contributed by atoms with E-state index in [4.69, 9.17) is 10.5 Å². The highest BCUT2D eigenvalue weighted by atomic mass is 19.4. The molecule has 0 spiro atoms. The summed E-state index contributed by atoms with van der Waals surface area (Å²) in [4.78, 5) is 0. The van der Waals surface area contributed by atoms with Gasteiger partial charge in [-0.3, -0.25) is 0 Å². The van der Waals surface area contributed by atoms with Crippen LogP contribution in [0.2, 0.25) is 0 Å². The van der Waals surface area contributed by atoms with Crippen molar-refractivity contribution in [2.75, 3.05) is 13.2 Å². The topological polar surface area (TPSA) is 35.2 Å². The summed E-state index contributed by atoms with van der Waals surface area (Å²) < 4.78 is 41.0. The van der Waals surface area contributed by atoms with Gasteiger partial charge in [-0.15, -0.1) is 0 Å². The third kappa shape index (κ3) is 3.13. The van der Waals surface area contributed by atoms with Crippen molar-refractivity contribution in [3.05, 3.63) is 0 Å². The van der Waals surface area contributed by atoms with Crippen molar-refractivity contribution in [1.82, 2.24) is 0 Å². The predicted molar refractivity (Wildman–Crippen MR) is 46.8 cm³/mol. The van der Waals surface area contributed by atoms with Crippen LogP contribution in [0.4, 0.5) is 13.2 Å². The van der Waals surface area contributed by atoms with Crippen LogP contribution in [0.25, 0.3) is 0 Å². The molecule has 0 heterocycles. The average Bonchev–Trinajstić information content (AvgIpc) is 2.80. The smallest absolute Gasteiger partial charge is 0.369 e. The summed E-state index contributed by atoms with van der Waals surface area (Å²) in [7, 11) is 0. The van der Waals surface area contributed by atoms with Gasteiger partial charge in [-0.1, -0.05) is 0 Å². The molecule has 14 heavy (non-hydrogen) atoms. The molecule has 1 aliphatic rings. The first-order valence-electron chi connectivity index (χ1n) is 4.78. The Balaban J connectivity index is 2.27. The van der Waals surface area contributed by atoms with Gasteiger partial charge in [0.15, 0.2) is 6.10 Å². The van der Waals surface area contributed by atoms with Gasteiger partial charge in [0, 0.05) is 0 Å². The van der Waals surface area contributed by atoms with Gasteiger partial charge in [0.05, 0.1) is 6.61 Å². The zero-order valence-corrected chi connectivity index (χ0v) is 8.23. The Bertz CT molecular complexity index is 189. The van der Waals surface area contributed by atoms with Crippen LogP contribution in [0.3, 0.4) is 0 Å². The van der Waals surface area contributed by atoms with Crippen LogP contribution in [0.1, 0.15) is 26.2 Å². The molecule has 84 valence electrons. The van der Waals surface area contributed by atoms with Crippen molar-refractivity contribution < 1.29 is 17.9 Å². The molecule has 0 radical (unpaired) electrons. The van der Waals surface area contributed by atoms with Crippen LogP contribution in [-0.2, 0) is 4.74 Å². The molecule has 1 fully saturated rings. The first-order chi connectivity index (χ1) is 6.40. The van der Waals surface area contributed by atoms with Crippen molar-refractivity contribution in [1.29, 1.82) is 0 Å². The second-order valence-corrected chi connectivity index (χ2v) is 4.03. The summed E-state index contributed by atoms with van der Waals surface area (Å²) in [6.07, 6.45) is -3.28. The molecule has 1 aliphatic carbocycles. The Morgan fingerprint density at radius 1 is 1.43 bits per heavy atom. The van der Waals surface area contributed by atoms with Crippen LogP contribution in [0, 0.1) is 5.41 Å². The molecule has 1 rings (SSSR count). The maximum absolute atomic E-state index is 12.1. The van der Waals surface area contributed by atoms with E-state index in [1.807, 2.05) is 0 Å². The number of hydrogen-bond donors (Lipinski definition) is 1. The molecule has 0 bridgehead atoms. The highest BCUT2D eigenvalue weighted by Gasteiger charge is 2.44. The van der Waals surface area contributed by atoms with Crippen LogP contribution in [-0.4, -0.2) is 25.4 Å². The number of ether oxygens (including phenoxy) is 1. The molecule has 2 N–H and O–H groups in total. The zero-order valence-electron chi connectivity index (χ0n) is 8.23. The summed E-state index contributed by atoms with van der Waals surface area (Å²) in [5.74, 6) is 0. The van der Waals surface area contributed by atoms with Crippen molar-refractivity contribution in [2.24, 2.45) is 11.1 Å². The van der Waals surface area contributed by atoms with E-state index in [9.17, 15) is 13.2 Å². The van der Waals surface area contributed by atoms with E-state index in [1.165, 1.54) is 0 Å². The molecule has 0 amide bonds. The highest BCUT2D eigenvalue weighted by Crippen LogP contribution is 2.49. The largest absolute Gasteiger partial charge is 0.414 e. The molecule has 0 aliphatic heterocycles. The van der Waals surface area contributed by atoms with Crippen molar-refractivity contribution in [3.63, 3.8) is 0 Å². The van der Waals surface area contributed by atoms with E-state index in [1.54, 1.807) is 0 Å². The molecule has 1 unspecified atom stereocenters. The Morgan fingerprint density at radius 3 is 2.36 bits per heavy atom. The Labute approximate surface area is 81.6 Å². The lowest BCUT2D eigenvalue weighted by Crippen LogP contribution is -2.31. The van der Waals surface area contributed by atoms with Crippen molar-refractivity contribution >= 4 is 0 Å². The minimum absolute atomic E-state index is 0.0474. The summed E-state index contributed by atoms with van der Waals surface area (Å²) in [6.45, 7) is 1.74. The predicted octanol–water partition coefficient (Wildman–Crippen LogP) is 2.08. The summed E-state index contributed by atoms with van der Waals surface area (Å²) in [5, 5.41) is 0. The molecule has 0 aromatic heterocycles. The maximum Gasteiger partial charge on any atom is 0.414 e. The van der Waals surface area contributed by atoms with Crippen LogP contribution in [0.5, 0.6) is 0 Å². The SMILES string of the molecule is CC(OCC1(CCN)CC1)C(F)(F)F. The second-order valence-electron chi connectivity index (χ2n) is 4.03. The van der Waals surface area contributed by atoms with Crippen LogP contribution >= 0.6 is 0 Å². The van der Waals surface area contributed by atoms with E-state index >= 15 is 0 Å². The molecule has 1 atom stereocenters. The highest BCUT2D eigenvalue weighted by molar-refractivity contribution is 4.93. The molecule has 2 nitrogen and oxygen atoms in total. The van der Waals surface area contributed by atoms with Gasteiger partial charge >= 0.3 is 6.18 Å². The monoisotopic (exact) mass is 211 g/mol. The molecular formula is C9H16F3NO. The van der Waals surface area contributed by atoms with Gasteiger partial charge in [-0.05, 0) is 38.1 Å². The van der Waals surface area contributed by atoms with Crippen LogP contribution < -0.4 is 5.73 Å². The minimum Gasteiger partial charge on any atom is -0.369 e. The summed E-state index contributed by atoms with van der Waals surface area (Å²) >= 11 is 0.